The quantitative estimate of drug-likeness (QED) is 0.524. The van der Waals surface area contributed by atoms with Crippen molar-refractivity contribution in [1.29, 1.82) is 0 Å². The molecule has 2 unspecified atom stereocenters. The van der Waals surface area contributed by atoms with Crippen LogP contribution in [-0.2, 0) is 9.59 Å². The zero-order valence-electron chi connectivity index (χ0n) is 18.9. The summed E-state index contributed by atoms with van der Waals surface area (Å²) in [6.07, 6.45) is 0.913. The van der Waals surface area contributed by atoms with E-state index < -0.39 is 0 Å². The van der Waals surface area contributed by atoms with Crippen LogP contribution in [0.5, 0.6) is 11.5 Å². The SMILES string of the molecule is CCCOc1ccc(C(C)NC(=O)C(C)SCC(=O)Nc2ccc(C)cc2)cc1OC. The number of hydrogen-bond donors (Lipinski definition) is 2. The van der Waals surface area contributed by atoms with Crippen molar-refractivity contribution in [2.24, 2.45) is 0 Å². The van der Waals surface area contributed by atoms with Gasteiger partial charge in [-0.2, -0.15) is 0 Å². The molecular formula is C24H32N2O4S. The zero-order valence-corrected chi connectivity index (χ0v) is 19.7. The molecule has 168 valence electrons. The zero-order chi connectivity index (χ0) is 22.8. The van der Waals surface area contributed by atoms with Gasteiger partial charge in [0.2, 0.25) is 11.8 Å². The van der Waals surface area contributed by atoms with Gasteiger partial charge in [0.25, 0.3) is 0 Å². The third-order valence-electron chi connectivity index (χ3n) is 4.68. The summed E-state index contributed by atoms with van der Waals surface area (Å²) in [5.41, 5.74) is 2.80. The van der Waals surface area contributed by atoms with Gasteiger partial charge in [-0.15, -0.1) is 11.8 Å². The van der Waals surface area contributed by atoms with Crippen LogP contribution in [0.2, 0.25) is 0 Å². The van der Waals surface area contributed by atoms with Crippen LogP contribution >= 0.6 is 11.8 Å². The molecule has 2 atom stereocenters. The Morgan fingerprint density at radius 3 is 2.42 bits per heavy atom. The van der Waals surface area contributed by atoms with Crippen molar-refractivity contribution in [3.05, 3.63) is 53.6 Å². The molecule has 2 amide bonds. The summed E-state index contributed by atoms with van der Waals surface area (Å²) in [4.78, 5) is 24.7. The molecule has 0 aliphatic carbocycles. The van der Waals surface area contributed by atoms with Crippen LogP contribution in [0.25, 0.3) is 0 Å². The first-order chi connectivity index (χ1) is 14.8. The Morgan fingerprint density at radius 1 is 1.06 bits per heavy atom. The van der Waals surface area contributed by atoms with Gasteiger partial charge in [0.1, 0.15) is 0 Å². The normalized spacial score (nSPS) is 12.5. The molecule has 31 heavy (non-hydrogen) atoms. The van der Waals surface area contributed by atoms with E-state index in [2.05, 4.69) is 10.6 Å². The maximum absolute atomic E-state index is 12.6. The second kappa shape index (κ2) is 12.2. The fourth-order valence-corrected chi connectivity index (χ4v) is 3.50. The monoisotopic (exact) mass is 444 g/mol. The molecular weight excluding hydrogens is 412 g/mol. The fraction of sp³-hybridized carbons (Fsp3) is 0.417. The topological polar surface area (TPSA) is 76.7 Å². The number of nitrogens with one attached hydrogen (secondary N) is 2. The molecule has 6 nitrogen and oxygen atoms in total. The van der Waals surface area contributed by atoms with Gasteiger partial charge in [-0.3, -0.25) is 9.59 Å². The van der Waals surface area contributed by atoms with Gasteiger partial charge < -0.3 is 20.1 Å². The molecule has 0 spiro atoms. The van der Waals surface area contributed by atoms with Gasteiger partial charge in [0.05, 0.1) is 30.8 Å². The molecule has 2 aromatic carbocycles. The largest absolute Gasteiger partial charge is 0.493 e. The van der Waals surface area contributed by atoms with Crippen molar-refractivity contribution in [3.63, 3.8) is 0 Å². The van der Waals surface area contributed by atoms with E-state index in [9.17, 15) is 9.59 Å². The predicted molar refractivity (Wildman–Crippen MR) is 127 cm³/mol. The average molecular weight is 445 g/mol. The lowest BCUT2D eigenvalue weighted by Crippen LogP contribution is -2.33. The minimum absolute atomic E-state index is 0.120. The highest BCUT2D eigenvalue weighted by molar-refractivity contribution is 8.01. The highest BCUT2D eigenvalue weighted by Crippen LogP contribution is 2.30. The van der Waals surface area contributed by atoms with E-state index in [0.717, 1.165) is 23.2 Å². The van der Waals surface area contributed by atoms with Crippen molar-refractivity contribution in [1.82, 2.24) is 5.32 Å². The highest BCUT2D eigenvalue weighted by Gasteiger charge is 2.19. The Kier molecular flexibility index (Phi) is 9.72. The number of aryl methyl sites for hydroxylation is 1. The molecule has 0 aromatic heterocycles. The van der Waals surface area contributed by atoms with Crippen LogP contribution in [0.15, 0.2) is 42.5 Å². The summed E-state index contributed by atoms with van der Waals surface area (Å²) in [5.74, 6) is 1.28. The lowest BCUT2D eigenvalue weighted by atomic mass is 10.1. The molecule has 0 fully saturated rings. The number of amides is 2. The molecule has 0 saturated carbocycles. The Hall–Kier alpha value is -2.67. The van der Waals surface area contributed by atoms with Gasteiger partial charge in [-0.05, 0) is 57.0 Å². The number of hydrogen-bond acceptors (Lipinski definition) is 5. The number of carbonyl (C=O) groups is 2. The number of carbonyl (C=O) groups excluding carboxylic acids is 2. The van der Waals surface area contributed by atoms with Crippen molar-refractivity contribution < 1.29 is 19.1 Å². The number of rotatable bonds is 11. The van der Waals surface area contributed by atoms with Gasteiger partial charge in [-0.1, -0.05) is 30.7 Å². The second-order valence-corrected chi connectivity index (χ2v) is 8.69. The van der Waals surface area contributed by atoms with E-state index in [4.69, 9.17) is 9.47 Å². The van der Waals surface area contributed by atoms with Crippen LogP contribution in [0.4, 0.5) is 5.69 Å². The first-order valence-corrected chi connectivity index (χ1v) is 11.5. The molecule has 2 N–H and O–H groups in total. The van der Waals surface area contributed by atoms with E-state index in [-0.39, 0.29) is 28.9 Å². The number of anilines is 1. The Morgan fingerprint density at radius 2 is 1.77 bits per heavy atom. The summed E-state index contributed by atoms with van der Waals surface area (Å²) < 4.78 is 11.1. The first kappa shape index (κ1) is 24.6. The van der Waals surface area contributed by atoms with Crippen LogP contribution < -0.4 is 20.1 Å². The van der Waals surface area contributed by atoms with Gasteiger partial charge in [0, 0.05) is 5.69 Å². The van der Waals surface area contributed by atoms with Crippen LogP contribution in [0.3, 0.4) is 0 Å². The Balaban J connectivity index is 1.85. The van der Waals surface area contributed by atoms with Gasteiger partial charge in [0.15, 0.2) is 11.5 Å². The molecule has 7 heteroatoms. The molecule has 0 bridgehead atoms. The summed E-state index contributed by atoms with van der Waals surface area (Å²) in [6, 6.07) is 13.1. The molecule has 2 aromatic rings. The third-order valence-corrected chi connectivity index (χ3v) is 5.82. The van der Waals surface area contributed by atoms with Crippen LogP contribution in [0.1, 0.15) is 44.4 Å². The lowest BCUT2D eigenvalue weighted by Gasteiger charge is -2.19. The first-order valence-electron chi connectivity index (χ1n) is 10.4. The van der Waals surface area contributed by atoms with E-state index in [1.165, 1.54) is 11.8 Å². The summed E-state index contributed by atoms with van der Waals surface area (Å²) in [6.45, 7) is 8.38. The number of methoxy groups -OCH3 is 1. The molecule has 0 heterocycles. The van der Waals surface area contributed by atoms with Crippen LogP contribution in [-0.4, -0.2) is 36.5 Å². The number of thioether (sulfide) groups is 1. The van der Waals surface area contributed by atoms with E-state index >= 15 is 0 Å². The molecule has 0 saturated heterocycles. The number of benzene rings is 2. The molecule has 0 radical (unpaired) electrons. The van der Waals surface area contributed by atoms with Gasteiger partial charge >= 0.3 is 0 Å². The predicted octanol–water partition coefficient (Wildman–Crippen LogP) is 4.73. The van der Waals surface area contributed by atoms with E-state index in [0.29, 0.717) is 18.1 Å². The fourth-order valence-electron chi connectivity index (χ4n) is 2.81. The van der Waals surface area contributed by atoms with Crippen LogP contribution in [0, 0.1) is 6.92 Å². The molecule has 0 aliphatic rings. The summed E-state index contributed by atoms with van der Waals surface area (Å²) >= 11 is 1.30. The van der Waals surface area contributed by atoms with Crippen molar-refractivity contribution in [2.75, 3.05) is 24.8 Å². The maximum atomic E-state index is 12.6. The lowest BCUT2D eigenvalue weighted by molar-refractivity contribution is -0.120. The summed E-state index contributed by atoms with van der Waals surface area (Å²) in [7, 11) is 1.60. The minimum Gasteiger partial charge on any atom is -0.493 e. The summed E-state index contributed by atoms with van der Waals surface area (Å²) in [5, 5.41) is 5.49. The third kappa shape index (κ3) is 7.83. The smallest absolute Gasteiger partial charge is 0.234 e. The Bertz CT molecular complexity index is 870. The highest BCUT2D eigenvalue weighted by atomic mass is 32.2. The standard InChI is InChI=1S/C24H32N2O4S/c1-6-13-30-21-12-9-19(14-22(21)29-5)17(3)25-24(28)18(4)31-15-23(27)26-20-10-7-16(2)8-11-20/h7-12,14,17-18H,6,13,15H2,1-5H3,(H,25,28)(H,26,27). The Labute approximate surface area is 189 Å². The van der Waals surface area contributed by atoms with Crippen molar-refractivity contribution in [2.45, 2.75) is 45.4 Å². The van der Waals surface area contributed by atoms with Crippen molar-refractivity contribution in [3.8, 4) is 11.5 Å². The minimum atomic E-state index is -0.361. The number of ether oxygens (including phenoxy) is 2. The van der Waals surface area contributed by atoms with E-state index in [1.807, 2.05) is 63.2 Å². The maximum Gasteiger partial charge on any atom is 0.234 e. The van der Waals surface area contributed by atoms with Crippen molar-refractivity contribution >= 4 is 29.3 Å². The average Bonchev–Trinajstić information content (AvgIpc) is 2.77. The van der Waals surface area contributed by atoms with Gasteiger partial charge in [-0.25, -0.2) is 0 Å². The molecule has 2 rings (SSSR count). The molecule has 0 aliphatic heterocycles. The van der Waals surface area contributed by atoms with E-state index in [1.54, 1.807) is 14.0 Å². The second-order valence-electron chi connectivity index (χ2n) is 7.36.